The fourth-order valence-electron chi connectivity index (χ4n) is 4.62. The van der Waals surface area contributed by atoms with Gasteiger partial charge in [-0.2, -0.15) is 4.98 Å². The topological polar surface area (TPSA) is 80.5 Å². The van der Waals surface area contributed by atoms with Crippen LogP contribution in [0.1, 0.15) is 63.6 Å². The van der Waals surface area contributed by atoms with Crippen LogP contribution < -0.4 is 5.32 Å². The predicted octanol–water partition coefficient (Wildman–Crippen LogP) is 2.99. The van der Waals surface area contributed by atoms with Gasteiger partial charge in [0.05, 0.1) is 17.1 Å². The highest BCUT2D eigenvalue weighted by Gasteiger charge is 2.42. The summed E-state index contributed by atoms with van der Waals surface area (Å²) in [6.45, 7) is 5.21. The molecular weight excluding hydrogens is 400 g/mol. The number of amides is 1. The molecule has 2 aromatic heterocycles. The SMILES string of the molecule is Cc1noc(C2CCCN2C(=O)c2cc3c(s2)CCOC32CCNCC2)n1.Cl. The van der Waals surface area contributed by atoms with Gasteiger partial charge in [0.25, 0.3) is 5.91 Å². The van der Waals surface area contributed by atoms with Crippen LogP contribution in [-0.4, -0.2) is 47.2 Å². The van der Waals surface area contributed by atoms with E-state index < -0.39 is 0 Å². The van der Waals surface area contributed by atoms with E-state index in [2.05, 4.69) is 21.5 Å². The van der Waals surface area contributed by atoms with Crippen LogP contribution in [0.3, 0.4) is 0 Å². The summed E-state index contributed by atoms with van der Waals surface area (Å²) in [5, 5.41) is 7.31. The van der Waals surface area contributed by atoms with Gasteiger partial charge < -0.3 is 19.5 Å². The molecule has 7 nitrogen and oxygen atoms in total. The number of aromatic nitrogens is 2. The van der Waals surface area contributed by atoms with Crippen molar-refractivity contribution in [3.05, 3.63) is 33.1 Å². The lowest BCUT2D eigenvalue weighted by atomic mass is 9.83. The molecule has 2 aromatic rings. The van der Waals surface area contributed by atoms with Crippen molar-refractivity contribution in [2.24, 2.45) is 0 Å². The van der Waals surface area contributed by atoms with E-state index in [0.29, 0.717) is 11.7 Å². The Balaban J connectivity index is 0.00000192. The number of halogens is 1. The third kappa shape index (κ3) is 3.26. The first-order valence-corrected chi connectivity index (χ1v) is 10.6. The van der Waals surface area contributed by atoms with Crippen LogP contribution in [0, 0.1) is 6.92 Å². The molecule has 152 valence electrons. The molecule has 1 spiro atoms. The lowest BCUT2D eigenvalue weighted by molar-refractivity contribution is -0.0792. The number of rotatable bonds is 2. The molecule has 1 N–H and O–H groups in total. The van der Waals surface area contributed by atoms with E-state index in [1.807, 2.05) is 4.90 Å². The molecule has 5 rings (SSSR count). The Kier molecular flexibility index (Phi) is 5.48. The second-order valence-electron chi connectivity index (χ2n) is 7.63. The number of nitrogens with one attached hydrogen (secondary N) is 1. The van der Waals surface area contributed by atoms with Crippen LogP contribution in [0.15, 0.2) is 10.6 Å². The van der Waals surface area contributed by atoms with Crippen molar-refractivity contribution in [1.82, 2.24) is 20.4 Å². The van der Waals surface area contributed by atoms with E-state index in [0.717, 1.165) is 63.2 Å². The molecule has 0 aliphatic carbocycles. The molecule has 1 unspecified atom stereocenters. The minimum atomic E-state index is -0.206. The van der Waals surface area contributed by atoms with E-state index in [-0.39, 0.29) is 30.0 Å². The minimum Gasteiger partial charge on any atom is -0.370 e. The number of fused-ring (bicyclic) bond motifs is 2. The van der Waals surface area contributed by atoms with Crippen LogP contribution >= 0.6 is 23.7 Å². The van der Waals surface area contributed by atoms with Crippen molar-refractivity contribution in [3.8, 4) is 0 Å². The standard InChI is InChI=1S/C19H24N4O3S.ClH/c1-12-21-17(26-22-12)14-3-2-9-23(14)18(24)16-11-13-15(27-16)4-10-25-19(13)5-7-20-8-6-19;/h11,14,20H,2-10H2,1H3;1H. The first-order chi connectivity index (χ1) is 13.2. The fraction of sp³-hybridized carbons (Fsp3) is 0.632. The maximum absolute atomic E-state index is 13.3. The number of hydrogen-bond donors (Lipinski definition) is 1. The predicted molar refractivity (Wildman–Crippen MR) is 107 cm³/mol. The van der Waals surface area contributed by atoms with Crippen molar-refractivity contribution in [1.29, 1.82) is 0 Å². The summed E-state index contributed by atoms with van der Waals surface area (Å²) in [6.07, 6.45) is 4.67. The molecule has 0 saturated carbocycles. The summed E-state index contributed by atoms with van der Waals surface area (Å²) in [5.41, 5.74) is 1.04. The average Bonchev–Trinajstić information content (AvgIpc) is 3.41. The van der Waals surface area contributed by atoms with Gasteiger partial charge in [-0.1, -0.05) is 5.16 Å². The van der Waals surface area contributed by atoms with E-state index >= 15 is 0 Å². The summed E-state index contributed by atoms with van der Waals surface area (Å²) >= 11 is 1.64. The lowest BCUT2D eigenvalue weighted by Gasteiger charge is -2.40. The number of likely N-dealkylation sites (tertiary alicyclic amines) is 1. The zero-order valence-electron chi connectivity index (χ0n) is 15.9. The zero-order chi connectivity index (χ0) is 18.4. The first-order valence-electron chi connectivity index (χ1n) is 9.75. The summed E-state index contributed by atoms with van der Waals surface area (Å²) in [6, 6.07) is 1.99. The highest BCUT2D eigenvalue weighted by atomic mass is 35.5. The molecule has 1 amide bonds. The Hall–Kier alpha value is -1.48. The largest absolute Gasteiger partial charge is 0.370 e. The summed E-state index contributed by atoms with van der Waals surface area (Å²) in [7, 11) is 0. The first kappa shape index (κ1) is 19.8. The van der Waals surface area contributed by atoms with Crippen LogP contribution in [0.25, 0.3) is 0 Å². The van der Waals surface area contributed by atoms with Gasteiger partial charge >= 0.3 is 0 Å². The van der Waals surface area contributed by atoms with E-state index in [1.54, 1.807) is 18.3 Å². The second-order valence-corrected chi connectivity index (χ2v) is 8.76. The third-order valence-electron chi connectivity index (χ3n) is 5.97. The maximum atomic E-state index is 13.3. The molecule has 3 aliphatic rings. The van der Waals surface area contributed by atoms with Crippen LogP contribution in [0.5, 0.6) is 0 Å². The van der Waals surface area contributed by atoms with Crippen molar-refractivity contribution >= 4 is 29.7 Å². The molecule has 0 bridgehead atoms. The van der Waals surface area contributed by atoms with Crippen LogP contribution in [0.2, 0.25) is 0 Å². The smallest absolute Gasteiger partial charge is 0.264 e. The van der Waals surface area contributed by atoms with Gasteiger partial charge in [-0.05, 0) is 57.3 Å². The number of ether oxygens (including phenoxy) is 1. The van der Waals surface area contributed by atoms with Gasteiger partial charge in [0.1, 0.15) is 6.04 Å². The molecule has 0 aromatic carbocycles. The number of thiophene rings is 1. The van der Waals surface area contributed by atoms with Gasteiger partial charge in [0, 0.05) is 17.8 Å². The molecule has 3 aliphatic heterocycles. The number of carbonyl (C=O) groups is 1. The van der Waals surface area contributed by atoms with Gasteiger partial charge in [-0.15, -0.1) is 23.7 Å². The van der Waals surface area contributed by atoms with Gasteiger partial charge in [0.15, 0.2) is 5.82 Å². The molecular formula is C19H25ClN4O3S. The Morgan fingerprint density at radius 2 is 2.21 bits per heavy atom. The van der Waals surface area contributed by atoms with Gasteiger partial charge in [-0.25, -0.2) is 0 Å². The molecule has 1 atom stereocenters. The molecule has 2 saturated heterocycles. The molecule has 28 heavy (non-hydrogen) atoms. The molecule has 9 heteroatoms. The Bertz CT molecular complexity index is 861. The Morgan fingerprint density at radius 3 is 2.96 bits per heavy atom. The van der Waals surface area contributed by atoms with E-state index in [4.69, 9.17) is 9.26 Å². The van der Waals surface area contributed by atoms with Crippen LogP contribution in [0.4, 0.5) is 0 Å². The average molecular weight is 425 g/mol. The summed E-state index contributed by atoms with van der Waals surface area (Å²) < 4.78 is 11.6. The number of aryl methyl sites for hydroxylation is 1. The van der Waals surface area contributed by atoms with Gasteiger partial charge in [0.2, 0.25) is 5.89 Å². The highest BCUT2D eigenvalue weighted by molar-refractivity contribution is 7.14. The Labute approximate surface area is 174 Å². The monoisotopic (exact) mass is 424 g/mol. The van der Waals surface area contributed by atoms with Crippen molar-refractivity contribution < 1.29 is 14.1 Å². The van der Waals surface area contributed by atoms with E-state index in [1.165, 1.54) is 10.4 Å². The van der Waals surface area contributed by atoms with Crippen molar-refractivity contribution in [2.45, 2.75) is 50.7 Å². The fourth-order valence-corrected chi connectivity index (χ4v) is 5.81. The highest BCUT2D eigenvalue weighted by Crippen LogP contribution is 2.44. The second kappa shape index (κ2) is 7.74. The third-order valence-corrected chi connectivity index (χ3v) is 7.15. The molecule has 0 radical (unpaired) electrons. The quantitative estimate of drug-likeness (QED) is 0.798. The molecule has 2 fully saturated rings. The van der Waals surface area contributed by atoms with Crippen LogP contribution in [-0.2, 0) is 16.8 Å². The number of hydrogen-bond acceptors (Lipinski definition) is 7. The zero-order valence-corrected chi connectivity index (χ0v) is 17.5. The lowest BCUT2D eigenvalue weighted by Crippen LogP contribution is -2.44. The number of piperidine rings is 1. The summed E-state index contributed by atoms with van der Waals surface area (Å²) in [5.74, 6) is 1.25. The Morgan fingerprint density at radius 1 is 1.39 bits per heavy atom. The minimum absolute atomic E-state index is 0. The maximum Gasteiger partial charge on any atom is 0.264 e. The van der Waals surface area contributed by atoms with Gasteiger partial charge in [-0.3, -0.25) is 4.79 Å². The van der Waals surface area contributed by atoms with Crippen molar-refractivity contribution in [2.75, 3.05) is 26.2 Å². The summed E-state index contributed by atoms with van der Waals surface area (Å²) in [4.78, 5) is 21.7. The number of carbonyl (C=O) groups excluding carboxylic acids is 1. The van der Waals surface area contributed by atoms with E-state index in [9.17, 15) is 4.79 Å². The van der Waals surface area contributed by atoms with Crippen molar-refractivity contribution in [3.63, 3.8) is 0 Å². The number of nitrogens with zero attached hydrogens (tertiary/aromatic N) is 3. The normalized spacial score (nSPS) is 23.5. The molecule has 5 heterocycles.